The molecule has 0 aliphatic rings. The van der Waals surface area contributed by atoms with Crippen LogP contribution in [0.1, 0.15) is 0 Å². The number of carbonyl (C=O) groups is 1. The van der Waals surface area contributed by atoms with Crippen LogP contribution in [0, 0.1) is 0 Å². The van der Waals surface area contributed by atoms with Crippen molar-refractivity contribution in [1.82, 2.24) is 0 Å². The maximum atomic E-state index is 13.0. The van der Waals surface area contributed by atoms with E-state index in [0.29, 0.717) is 0 Å². The van der Waals surface area contributed by atoms with E-state index in [1.165, 1.54) is 0 Å². The fraction of sp³-hybridized carbons (Fsp3) is 0.875. The number of rotatable bonds is 7. The Morgan fingerprint density at radius 1 is 0.654 bits per heavy atom. The van der Waals surface area contributed by atoms with Gasteiger partial charge in [-0.25, -0.2) is 0 Å². The predicted octanol–water partition coefficient (Wildman–Crippen LogP) is 3.18. The molecule has 0 aromatic rings. The van der Waals surface area contributed by atoms with Crippen molar-refractivity contribution in [2.75, 3.05) is 5.75 Å². The van der Waals surface area contributed by atoms with E-state index in [1.807, 2.05) is 0 Å². The van der Waals surface area contributed by atoms with Gasteiger partial charge in [-0.1, -0.05) is 0 Å². The average molecular weight is 442 g/mol. The Bertz CT molecular complexity index is 662. The summed E-state index contributed by atoms with van der Waals surface area (Å²) in [4.78, 5) is 10.6. The van der Waals surface area contributed by atoms with Gasteiger partial charge >= 0.3 is 35.8 Å². The molecule has 0 atom stereocenters. The van der Waals surface area contributed by atoms with Gasteiger partial charge in [0.25, 0.3) is 10.1 Å². The van der Waals surface area contributed by atoms with Crippen molar-refractivity contribution >= 4 is 15.9 Å². The fourth-order valence-electron chi connectivity index (χ4n) is 1.20. The highest BCUT2D eigenvalue weighted by Gasteiger charge is 2.91. The van der Waals surface area contributed by atoms with E-state index in [0.717, 1.165) is 0 Å². The highest BCUT2D eigenvalue weighted by atomic mass is 32.2. The fourth-order valence-corrected chi connectivity index (χ4v) is 1.71. The molecule has 1 N–H and O–H groups in total. The summed E-state index contributed by atoms with van der Waals surface area (Å²) < 4.78 is 192. The first-order valence-electron chi connectivity index (χ1n) is 5.32. The van der Waals surface area contributed by atoms with Gasteiger partial charge in [-0.3, -0.25) is 9.35 Å². The van der Waals surface area contributed by atoms with Crippen molar-refractivity contribution in [3.05, 3.63) is 0 Å². The second-order valence-electron chi connectivity index (χ2n) is 4.52. The summed E-state index contributed by atoms with van der Waals surface area (Å²) in [6.07, 6.45) is -7.61. The van der Waals surface area contributed by atoms with Gasteiger partial charge in [0.05, 0.1) is 0 Å². The molecule has 0 saturated carbocycles. The summed E-state index contributed by atoms with van der Waals surface area (Å²) in [5, 5.41) is 0. The molecule has 0 rings (SSSR count). The molecule has 0 saturated heterocycles. The third-order valence-corrected chi connectivity index (χ3v) is 3.22. The van der Waals surface area contributed by atoms with E-state index in [2.05, 4.69) is 0 Å². The molecule has 0 amide bonds. The van der Waals surface area contributed by atoms with Gasteiger partial charge < -0.3 is 0 Å². The van der Waals surface area contributed by atoms with Crippen LogP contribution in [-0.4, -0.2) is 60.3 Å². The number of ketones is 1. The lowest BCUT2D eigenvalue weighted by Crippen LogP contribution is -2.71. The van der Waals surface area contributed by atoms with Crippen LogP contribution >= 0.6 is 0 Å². The number of alkyl halides is 13. The van der Waals surface area contributed by atoms with E-state index >= 15 is 0 Å². The third-order valence-electron chi connectivity index (χ3n) is 2.60. The van der Waals surface area contributed by atoms with Gasteiger partial charge in [-0.15, -0.1) is 0 Å². The monoisotopic (exact) mass is 442 g/mol. The number of hydrogen-bond acceptors (Lipinski definition) is 3. The zero-order chi connectivity index (χ0) is 21.8. The maximum absolute atomic E-state index is 13.0. The van der Waals surface area contributed by atoms with Crippen molar-refractivity contribution in [3.63, 3.8) is 0 Å². The number of Topliss-reactive ketones (excluding diaryl/α,β-unsaturated/α-hetero) is 1. The number of carbonyl (C=O) groups excluding carboxylic acids is 1. The van der Waals surface area contributed by atoms with Crippen LogP contribution in [0.2, 0.25) is 0 Å². The van der Waals surface area contributed by atoms with Crippen LogP contribution in [0.15, 0.2) is 0 Å². The van der Waals surface area contributed by atoms with Crippen molar-refractivity contribution in [2.24, 2.45) is 0 Å². The van der Waals surface area contributed by atoms with Gasteiger partial charge in [0, 0.05) is 0 Å². The van der Waals surface area contributed by atoms with Crippen LogP contribution < -0.4 is 0 Å². The van der Waals surface area contributed by atoms with Crippen molar-refractivity contribution in [1.29, 1.82) is 0 Å². The summed E-state index contributed by atoms with van der Waals surface area (Å²) in [7, 11) is -5.92. The zero-order valence-corrected chi connectivity index (χ0v) is 12.0. The van der Waals surface area contributed by atoms with E-state index in [1.54, 1.807) is 0 Å². The molecule has 26 heavy (non-hydrogen) atoms. The van der Waals surface area contributed by atoms with E-state index in [4.69, 9.17) is 4.55 Å². The Morgan fingerprint density at radius 3 is 1.23 bits per heavy atom. The molecule has 0 spiro atoms. The molecule has 0 unspecified atom stereocenters. The molecule has 0 heterocycles. The van der Waals surface area contributed by atoms with Gasteiger partial charge in [-0.05, 0) is 0 Å². The summed E-state index contributed by atoms with van der Waals surface area (Å²) in [5.74, 6) is -46.4. The van der Waals surface area contributed by atoms with Crippen molar-refractivity contribution in [3.8, 4) is 0 Å². The maximum Gasteiger partial charge on any atom is 0.460 e. The smallest absolute Gasteiger partial charge is 0.291 e. The van der Waals surface area contributed by atoms with E-state index in [9.17, 15) is 70.3 Å². The van der Waals surface area contributed by atoms with Gasteiger partial charge in [-0.2, -0.15) is 65.5 Å². The second kappa shape index (κ2) is 6.10. The topological polar surface area (TPSA) is 71.4 Å². The van der Waals surface area contributed by atoms with Crippen LogP contribution in [0.25, 0.3) is 0 Å². The molecule has 0 aliphatic heterocycles. The summed E-state index contributed by atoms with van der Waals surface area (Å²) in [5.41, 5.74) is 0. The molecule has 0 aromatic heterocycles. The van der Waals surface area contributed by atoms with Gasteiger partial charge in [0.1, 0.15) is 5.75 Å². The molecular weight excluding hydrogens is 439 g/mol. The average Bonchev–Trinajstić information content (AvgIpc) is 2.34. The second-order valence-corrected chi connectivity index (χ2v) is 5.97. The molecule has 4 nitrogen and oxygen atoms in total. The largest absolute Gasteiger partial charge is 0.460 e. The molecular formula is C8H3F13O4S. The molecule has 0 radical (unpaired) electrons. The SMILES string of the molecule is O=C(CS(=O)(=O)O)C(F)(F)C(F)(F)C(F)(F)C(F)(F)C(F)(F)C(F)(F)F. The first-order valence-corrected chi connectivity index (χ1v) is 6.93. The van der Waals surface area contributed by atoms with Gasteiger partial charge in [0.15, 0.2) is 0 Å². The minimum Gasteiger partial charge on any atom is -0.291 e. The van der Waals surface area contributed by atoms with E-state index < -0.39 is 57.4 Å². The molecule has 0 bridgehead atoms. The number of halogens is 13. The highest BCUT2D eigenvalue weighted by Crippen LogP contribution is 2.60. The summed E-state index contributed by atoms with van der Waals surface area (Å²) in [6, 6.07) is 0. The normalized spacial score (nSPS) is 15.9. The van der Waals surface area contributed by atoms with Crippen molar-refractivity contribution < 1.29 is 74.8 Å². The standard InChI is InChI=1S/C8H3F13O4S/c9-3(10,2(22)1-26(23,24)25)4(11,12)5(13,14)6(15,16)7(17,18)8(19,20)21/h1H2,(H,23,24,25). The first-order chi connectivity index (χ1) is 10.9. The summed E-state index contributed by atoms with van der Waals surface area (Å²) >= 11 is 0. The first kappa shape index (κ1) is 24.7. The van der Waals surface area contributed by atoms with E-state index in [-0.39, 0.29) is 0 Å². The third kappa shape index (κ3) is 3.56. The predicted molar refractivity (Wildman–Crippen MR) is 52.2 cm³/mol. The Morgan fingerprint density at radius 2 is 0.962 bits per heavy atom. The molecule has 0 fully saturated rings. The lowest BCUT2D eigenvalue weighted by Gasteiger charge is -2.39. The highest BCUT2D eigenvalue weighted by molar-refractivity contribution is 7.86. The van der Waals surface area contributed by atoms with Gasteiger partial charge in [0.2, 0.25) is 5.78 Å². The summed E-state index contributed by atoms with van der Waals surface area (Å²) in [6.45, 7) is 0. The minimum absolute atomic E-state index is 3.06. The lowest BCUT2D eigenvalue weighted by molar-refractivity contribution is -0.435. The lowest BCUT2D eigenvalue weighted by atomic mass is 9.92. The van der Waals surface area contributed by atoms with Crippen LogP contribution in [-0.2, 0) is 14.9 Å². The van der Waals surface area contributed by atoms with Crippen LogP contribution in [0.4, 0.5) is 57.1 Å². The zero-order valence-electron chi connectivity index (χ0n) is 11.2. The van der Waals surface area contributed by atoms with Crippen LogP contribution in [0.3, 0.4) is 0 Å². The Balaban J connectivity index is 6.37. The Hall–Kier alpha value is -1.33. The molecule has 0 aliphatic carbocycles. The molecule has 18 heteroatoms. The van der Waals surface area contributed by atoms with Crippen LogP contribution in [0.5, 0.6) is 0 Å². The molecule has 0 aromatic carbocycles. The molecule has 156 valence electrons. The van der Waals surface area contributed by atoms with Crippen molar-refractivity contribution in [2.45, 2.75) is 35.8 Å². The number of hydrogen-bond donors (Lipinski definition) is 1. The quantitative estimate of drug-likeness (QED) is 0.486. The Kier molecular flexibility index (Phi) is 5.78. The minimum atomic E-state index is -8.21. The Labute approximate surface area is 133 Å².